The summed E-state index contributed by atoms with van der Waals surface area (Å²) in [6.45, 7) is 0. The lowest BCUT2D eigenvalue weighted by atomic mass is 10.1. The molecule has 3 atom stereocenters. The highest BCUT2D eigenvalue weighted by molar-refractivity contribution is 5.82. The zero-order valence-electron chi connectivity index (χ0n) is 10.8. The summed E-state index contributed by atoms with van der Waals surface area (Å²) in [5, 5.41) is 23.6. The van der Waals surface area contributed by atoms with Crippen molar-refractivity contribution in [2.24, 2.45) is 0 Å². The van der Waals surface area contributed by atoms with Crippen molar-refractivity contribution in [1.29, 1.82) is 0 Å². The second-order valence-corrected chi connectivity index (χ2v) is 4.73. The van der Waals surface area contributed by atoms with Gasteiger partial charge in [-0.15, -0.1) is 12.3 Å². The Hall–Kier alpha value is -1.74. The summed E-state index contributed by atoms with van der Waals surface area (Å²) in [6.07, 6.45) is 8.65. The average molecular weight is 268 g/mol. The third kappa shape index (κ3) is 5.18. The first kappa shape index (κ1) is 15.3. The van der Waals surface area contributed by atoms with E-state index in [1.54, 1.807) is 0 Å². The molecule has 0 bridgehead atoms. The molecule has 6 heteroatoms. The Kier molecular flexibility index (Phi) is 6.16. The van der Waals surface area contributed by atoms with Crippen LogP contribution in [0, 0.1) is 12.3 Å². The summed E-state index contributed by atoms with van der Waals surface area (Å²) in [5.41, 5.74) is 0. The molecule has 1 aliphatic rings. The first-order valence-corrected chi connectivity index (χ1v) is 6.46. The van der Waals surface area contributed by atoms with Gasteiger partial charge in [0.25, 0.3) is 0 Å². The van der Waals surface area contributed by atoms with Crippen LogP contribution in [0.25, 0.3) is 0 Å². The molecule has 2 amide bonds. The molecule has 0 saturated heterocycles. The number of urea groups is 1. The predicted molar refractivity (Wildman–Crippen MR) is 69.4 cm³/mol. The summed E-state index contributed by atoms with van der Waals surface area (Å²) in [5.74, 6) is 1.03. The molecule has 0 aromatic heterocycles. The number of carbonyl (C=O) groups is 2. The van der Waals surface area contributed by atoms with Gasteiger partial charge in [-0.05, 0) is 12.8 Å². The van der Waals surface area contributed by atoms with Gasteiger partial charge in [0.05, 0.1) is 12.1 Å². The van der Waals surface area contributed by atoms with Crippen LogP contribution < -0.4 is 10.6 Å². The van der Waals surface area contributed by atoms with E-state index in [2.05, 4.69) is 16.6 Å². The van der Waals surface area contributed by atoms with Crippen molar-refractivity contribution in [2.75, 3.05) is 0 Å². The third-order valence-electron chi connectivity index (χ3n) is 3.22. The smallest absolute Gasteiger partial charge is 0.327 e. The van der Waals surface area contributed by atoms with Crippen molar-refractivity contribution in [3.8, 4) is 12.3 Å². The van der Waals surface area contributed by atoms with Crippen LogP contribution in [0.4, 0.5) is 4.79 Å². The van der Waals surface area contributed by atoms with Crippen molar-refractivity contribution in [1.82, 2.24) is 10.6 Å². The van der Waals surface area contributed by atoms with Crippen LogP contribution in [0.15, 0.2) is 0 Å². The summed E-state index contributed by atoms with van der Waals surface area (Å²) in [7, 11) is 0. The van der Waals surface area contributed by atoms with Crippen LogP contribution in [-0.2, 0) is 4.79 Å². The van der Waals surface area contributed by atoms with Gasteiger partial charge >= 0.3 is 12.0 Å². The number of amides is 2. The molecular weight excluding hydrogens is 248 g/mol. The van der Waals surface area contributed by atoms with Crippen LogP contribution in [0.1, 0.15) is 38.5 Å². The number of hydrogen-bond donors (Lipinski definition) is 4. The third-order valence-corrected chi connectivity index (χ3v) is 3.22. The van der Waals surface area contributed by atoms with Gasteiger partial charge < -0.3 is 20.8 Å². The van der Waals surface area contributed by atoms with Gasteiger partial charge in [-0.25, -0.2) is 9.59 Å². The molecule has 0 radical (unpaired) electrons. The molecule has 0 aromatic carbocycles. The molecular formula is C13H20N2O4. The maximum atomic E-state index is 11.7. The molecule has 1 rings (SSSR count). The average Bonchev–Trinajstić information content (AvgIpc) is 2.54. The van der Waals surface area contributed by atoms with Crippen molar-refractivity contribution >= 4 is 12.0 Å². The SMILES string of the molecule is C#CCC(NC(=O)NC1CCCCCC1O)C(=O)O. The van der Waals surface area contributed by atoms with Crippen LogP contribution in [0.2, 0.25) is 0 Å². The van der Waals surface area contributed by atoms with Crippen molar-refractivity contribution < 1.29 is 19.8 Å². The van der Waals surface area contributed by atoms with Crippen LogP contribution in [0.3, 0.4) is 0 Å². The largest absolute Gasteiger partial charge is 0.480 e. The number of aliphatic carboxylic acids is 1. The number of carboxylic acid groups (broad SMARTS) is 1. The number of aliphatic hydroxyl groups is 1. The second-order valence-electron chi connectivity index (χ2n) is 4.73. The highest BCUT2D eigenvalue weighted by Gasteiger charge is 2.25. The molecule has 19 heavy (non-hydrogen) atoms. The van der Waals surface area contributed by atoms with Gasteiger partial charge in [-0.1, -0.05) is 19.3 Å². The van der Waals surface area contributed by atoms with E-state index in [9.17, 15) is 14.7 Å². The van der Waals surface area contributed by atoms with E-state index in [-0.39, 0.29) is 12.5 Å². The number of aliphatic hydroxyl groups excluding tert-OH is 1. The predicted octanol–water partition coefficient (Wildman–Crippen LogP) is 0.456. The van der Waals surface area contributed by atoms with Crippen LogP contribution >= 0.6 is 0 Å². The minimum absolute atomic E-state index is 0.0734. The normalized spacial score (nSPS) is 24.6. The van der Waals surface area contributed by atoms with E-state index < -0.39 is 24.1 Å². The Balaban J connectivity index is 2.48. The Morgan fingerprint density at radius 3 is 2.63 bits per heavy atom. The summed E-state index contributed by atoms with van der Waals surface area (Å²) < 4.78 is 0. The van der Waals surface area contributed by atoms with Crippen molar-refractivity contribution in [3.05, 3.63) is 0 Å². The molecule has 0 aromatic rings. The summed E-state index contributed by atoms with van der Waals surface area (Å²) >= 11 is 0. The van der Waals surface area contributed by atoms with Gasteiger partial charge in [0.1, 0.15) is 6.04 Å². The van der Waals surface area contributed by atoms with Gasteiger partial charge in [0.2, 0.25) is 0 Å². The van der Waals surface area contributed by atoms with E-state index in [1.807, 2.05) is 0 Å². The maximum absolute atomic E-state index is 11.7. The van der Waals surface area contributed by atoms with E-state index in [1.165, 1.54) is 0 Å². The van der Waals surface area contributed by atoms with Gasteiger partial charge in [-0.2, -0.15) is 0 Å². The van der Waals surface area contributed by atoms with E-state index >= 15 is 0 Å². The van der Waals surface area contributed by atoms with E-state index in [4.69, 9.17) is 11.5 Å². The standard InChI is InChI=1S/C13H20N2O4/c1-2-6-10(12(17)18)15-13(19)14-9-7-4-3-5-8-11(9)16/h1,9-11,16H,3-8H2,(H,17,18)(H2,14,15,19). The molecule has 1 aliphatic carbocycles. The second kappa shape index (κ2) is 7.64. The lowest BCUT2D eigenvalue weighted by Gasteiger charge is -2.23. The van der Waals surface area contributed by atoms with E-state index in [0.29, 0.717) is 12.8 Å². The van der Waals surface area contributed by atoms with Crippen molar-refractivity contribution in [2.45, 2.75) is 56.7 Å². The lowest BCUT2D eigenvalue weighted by molar-refractivity contribution is -0.139. The Morgan fingerprint density at radius 2 is 2.00 bits per heavy atom. The minimum Gasteiger partial charge on any atom is -0.480 e. The fraction of sp³-hybridized carbons (Fsp3) is 0.692. The van der Waals surface area contributed by atoms with Gasteiger partial charge in [0, 0.05) is 6.42 Å². The van der Waals surface area contributed by atoms with Crippen LogP contribution in [-0.4, -0.2) is 40.4 Å². The Morgan fingerprint density at radius 1 is 1.32 bits per heavy atom. The number of nitrogens with one attached hydrogen (secondary N) is 2. The van der Waals surface area contributed by atoms with Gasteiger partial charge in [0.15, 0.2) is 0 Å². The molecule has 1 fully saturated rings. The summed E-state index contributed by atoms with van der Waals surface area (Å²) in [4.78, 5) is 22.5. The highest BCUT2D eigenvalue weighted by atomic mass is 16.4. The Labute approximate surface area is 112 Å². The minimum atomic E-state index is -1.17. The topological polar surface area (TPSA) is 98.7 Å². The first-order valence-electron chi connectivity index (χ1n) is 6.46. The first-order chi connectivity index (χ1) is 9.04. The molecule has 0 heterocycles. The van der Waals surface area contributed by atoms with E-state index in [0.717, 1.165) is 19.3 Å². The van der Waals surface area contributed by atoms with Crippen LogP contribution in [0.5, 0.6) is 0 Å². The quantitative estimate of drug-likeness (QED) is 0.439. The zero-order valence-corrected chi connectivity index (χ0v) is 10.8. The molecule has 3 unspecified atom stereocenters. The maximum Gasteiger partial charge on any atom is 0.327 e. The number of carbonyl (C=O) groups excluding carboxylic acids is 1. The molecule has 1 saturated carbocycles. The number of rotatable bonds is 4. The number of carboxylic acids is 1. The highest BCUT2D eigenvalue weighted by Crippen LogP contribution is 2.17. The zero-order chi connectivity index (χ0) is 14.3. The molecule has 106 valence electrons. The van der Waals surface area contributed by atoms with Crippen molar-refractivity contribution in [3.63, 3.8) is 0 Å². The molecule has 4 N–H and O–H groups in total. The fourth-order valence-corrected chi connectivity index (χ4v) is 2.14. The molecule has 6 nitrogen and oxygen atoms in total. The fourth-order valence-electron chi connectivity index (χ4n) is 2.14. The molecule has 0 aliphatic heterocycles. The summed E-state index contributed by atoms with van der Waals surface area (Å²) in [6, 6.07) is -2.04. The van der Waals surface area contributed by atoms with Gasteiger partial charge in [-0.3, -0.25) is 0 Å². The number of terminal acetylenes is 1. The molecule has 0 spiro atoms. The lowest BCUT2D eigenvalue weighted by Crippen LogP contribution is -2.51. The Bertz CT molecular complexity index is 364. The number of hydrogen-bond acceptors (Lipinski definition) is 3. The monoisotopic (exact) mass is 268 g/mol.